The molecule has 1 rings (SSSR count). The molecule has 1 atom stereocenters. The van der Waals surface area contributed by atoms with Gasteiger partial charge >= 0.3 is 0 Å². The van der Waals surface area contributed by atoms with E-state index < -0.39 is 4.92 Å². The van der Waals surface area contributed by atoms with Gasteiger partial charge in [0.15, 0.2) is 0 Å². The third-order valence-electron chi connectivity index (χ3n) is 2.83. The number of nitro benzene ring substituents is 1. The van der Waals surface area contributed by atoms with Gasteiger partial charge in [0.2, 0.25) is 0 Å². The first-order valence-electron chi connectivity index (χ1n) is 5.64. The summed E-state index contributed by atoms with van der Waals surface area (Å²) >= 11 is 5.86. The van der Waals surface area contributed by atoms with Crippen LogP contribution in [0.5, 0.6) is 0 Å². The Bertz CT molecular complexity index is 421. The molecule has 0 bridgehead atoms. The van der Waals surface area contributed by atoms with Crippen LogP contribution < -0.4 is 5.32 Å². The molecule has 0 aliphatic rings. The van der Waals surface area contributed by atoms with E-state index in [0.717, 1.165) is 24.2 Å². The molecule has 0 fully saturated rings. The summed E-state index contributed by atoms with van der Waals surface area (Å²) in [4.78, 5) is 10.2. The maximum atomic E-state index is 10.7. The van der Waals surface area contributed by atoms with Crippen molar-refractivity contribution < 1.29 is 4.92 Å². The minimum Gasteiger partial charge on any atom is -0.385 e. The first-order chi connectivity index (χ1) is 7.95. The lowest BCUT2D eigenvalue weighted by Gasteiger charge is -2.13. The zero-order valence-corrected chi connectivity index (χ0v) is 11.0. The average molecular weight is 257 g/mol. The van der Waals surface area contributed by atoms with Gasteiger partial charge in [0, 0.05) is 18.3 Å². The molecular formula is C12H17ClN2O2. The number of nitrogens with zero attached hydrogens (tertiary/aromatic N) is 1. The second kappa shape index (κ2) is 5.87. The highest BCUT2D eigenvalue weighted by atomic mass is 35.5. The summed E-state index contributed by atoms with van der Waals surface area (Å²) in [6, 6.07) is 3.12. The molecule has 0 saturated heterocycles. The Kier molecular flexibility index (Phi) is 4.75. The van der Waals surface area contributed by atoms with E-state index in [4.69, 9.17) is 11.6 Å². The molecule has 0 aliphatic carbocycles. The first kappa shape index (κ1) is 13.8. The van der Waals surface area contributed by atoms with Crippen LogP contribution in [0.1, 0.15) is 25.8 Å². The molecule has 0 heterocycles. The van der Waals surface area contributed by atoms with Crippen LogP contribution in [0.2, 0.25) is 5.02 Å². The van der Waals surface area contributed by atoms with Gasteiger partial charge in [0.1, 0.15) is 5.02 Å². The van der Waals surface area contributed by atoms with Crippen molar-refractivity contribution in [2.75, 3.05) is 11.9 Å². The van der Waals surface area contributed by atoms with Crippen LogP contribution in [0.4, 0.5) is 11.4 Å². The lowest BCUT2D eigenvalue weighted by atomic mass is 10.1. The van der Waals surface area contributed by atoms with Crippen molar-refractivity contribution in [3.8, 4) is 0 Å². The van der Waals surface area contributed by atoms with Crippen LogP contribution in [-0.4, -0.2) is 11.5 Å². The minimum atomic E-state index is -0.465. The van der Waals surface area contributed by atoms with E-state index in [1.807, 2.05) is 6.92 Å². The molecule has 0 spiro atoms. The Labute approximate surface area is 106 Å². The minimum absolute atomic E-state index is 0.0433. The SMILES string of the molecule is CCC(C)CNc1cc(Cl)c([N+](=O)[O-])cc1C. The van der Waals surface area contributed by atoms with Crippen molar-refractivity contribution in [3.63, 3.8) is 0 Å². The Morgan fingerprint density at radius 1 is 1.53 bits per heavy atom. The first-order valence-corrected chi connectivity index (χ1v) is 6.01. The molecule has 1 aromatic carbocycles. The smallest absolute Gasteiger partial charge is 0.288 e. The fourth-order valence-corrected chi connectivity index (χ4v) is 1.66. The molecule has 4 nitrogen and oxygen atoms in total. The summed E-state index contributed by atoms with van der Waals surface area (Å²) in [6.07, 6.45) is 1.09. The molecule has 0 amide bonds. The van der Waals surface area contributed by atoms with Crippen molar-refractivity contribution >= 4 is 23.0 Å². The number of hydrogen-bond acceptors (Lipinski definition) is 3. The number of rotatable bonds is 5. The molecule has 5 heteroatoms. The number of benzene rings is 1. The quantitative estimate of drug-likeness (QED) is 0.640. The zero-order valence-electron chi connectivity index (χ0n) is 10.3. The van der Waals surface area contributed by atoms with Gasteiger partial charge in [-0.15, -0.1) is 0 Å². The van der Waals surface area contributed by atoms with Crippen LogP contribution in [-0.2, 0) is 0 Å². The molecule has 0 aliphatic heterocycles. The van der Waals surface area contributed by atoms with E-state index in [9.17, 15) is 10.1 Å². The predicted molar refractivity (Wildman–Crippen MR) is 70.8 cm³/mol. The highest BCUT2D eigenvalue weighted by molar-refractivity contribution is 6.33. The zero-order chi connectivity index (χ0) is 13.0. The fourth-order valence-electron chi connectivity index (χ4n) is 1.43. The standard InChI is InChI=1S/C12H17ClN2O2/c1-4-8(2)7-14-11-6-10(13)12(15(16)17)5-9(11)3/h5-6,8,14H,4,7H2,1-3H3. The van der Waals surface area contributed by atoms with Gasteiger partial charge in [-0.3, -0.25) is 10.1 Å². The number of hydrogen-bond donors (Lipinski definition) is 1. The van der Waals surface area contributed by atoms with Gasteiger partial charge in [-0.1, -0.05) is 31.9 Å². The Balaban J connectivity index is 2.88. The fraction of sp³-hybridized carbons (Fsp3) is 0.500. The van der Waals surface area contributed by atoms with Crippen LogP contribution >= 0.6 is 11.6 Å². The average Bonchev–Trinajstić information content (AvgIpc) is 2.28. The number of nitro groups is 1. The maximum Gasteiger partial charge on any atom is 0.288 e. The summed E-state index contributed by atoms with van der Waals surface area (Å²) in [5, 5.41) is 14.1. The summed E-state index contributed by atoms with van der Waals surface area (Å²) in [7, 11) is 0. The predicted octanol–water partition coefficient (Wildman–Crippen LogP) is 4.01. The van der Waals surface area contributed by atoms with E-state index in [-0.39, 0.29) is 10.7 Å². The molecule has 0 radical (unpaired) electrons. The van der Waals surface area contributed by atoms with Gasteiger partial charge in [-0.2, -0.15) is 0 Å². The third-order valence-corrected chi connectivity index (χ3v) is 3.13. The van der Waals surface area contributed by atoms with Crippen molar-refractivity contribution in [1.82, 2.24) is 0 Å². The van der Waals surface area contributed by atoms with Gasteiger partial charge in [0.05, 0.1) is 4.92 Å². The molecule has 1 aromatic rings. The lowest BCUT2D eigenvalue weighted by molar-refractivity contribution is -0.384. The van der Waals surface area contributed by atoms with E-state index in [0.29, 0.717) is 5.92 Å². The van der Waals surface area contributed by atoms with Gasteiger partial charge in [0.25, 0.3) is 5.69 Å². The second-order valence-corrected chi connectivity index (χ2v) is 4.68. The van der Waals surface area contributed by atoms with Gasteiger partial charge in [-0.05, 0) is 24.5 Å². The molecule has 0 aromatic heterocycles. The maximum absolute atomic E-state index is 10.7. The van der Waals surface area contributed by atoms with Crippen LogP contribution in [0.25, 0.3) is 0 Å². The number of nitrogens with one attached hydrogen (secondary N) is 1. The number of aryl methyl sites for hydroxylation is 1. The summed E-state index contributed by atoms with van der Waals surface area (Å²) in [5.74, 6) is 0.559. The second-order valence-electron chi connectivity index (χ2n) is 4.27. The van der Waals surface area contributed by atoms with Crippen molar-refractivity contribution in [3.05, 3.63) is 32.8 Å². The highest BCUT2D eigenvalue weighted by Crippen LogP contribution is 2.30. The Morgan fingerprint density at radius 3 is 2.71 bits per heavy atom. The van der Waals surface area contributed by atoms with Crippen LogP contribution in [0.3, 0.4) is 0 Å². The number of halogens is 1. The molecule has 94 valence electrons. The highest BCUT2D eigenvalue weighted by Gasteiger charge is 2.14. The largest absolute Gasteiger partial charge is 0.385 e. The molecule has 0 saturated carbocycles. The van der Waals surface area contributed by atoms with Crippen molar-refractivity contribution in [1.29, 1.82) is 0 Å². The van der Waals surface area contributed by atoms with Crippen molar-refractivity contribution in [2.24, 2.45) is 5.92 Å². The lowest BCUT2D eigenvalue weighted by Crippen LogP contribution is -2.11. The van der Waals surface area contributed by atoms with Crippen LogP contribution in [0, 0.1) is 23.0 Å². The van der Waals surface area contributed by atoms with Gasteiger partial charge in [-0.25, -0.2) is 0 Å². The van der Waals surface area contributed by atoms with E-state index >= 15 is 0 Å². The monoisotopic (exact) mass is 256 g/mol. The molecule has 1 unspecified atom stereocenters. The summed E-state index contributed by atoms with van der Waals surface area (Å²) < 4.78 is 0. The van der Waals surface area contributed by atoms with Crippen LogP contribution in [0.15, 0.2) is 12.1 Å². The topological polar surface area (TPSA) is 55.2 Å². The molecule has 17 heavy (non-hydrogen) atoms. The van der Waals surface area contributed by atoms with E-state index in [2.05, 4.69) is 19.2 Å². The Hall–Kier alpha value is -1.29. The molecule has 1 N–H and O–H groups in total. The van der Waals surface area contributed by atoms with Gasteiger partial charge < -0.3 is 5.32 Å². The van der Waals surface area contributed by atoms with E-state index in [1.165, 1.54) is 6.07 Å². The third kappa shape index (κ3) is 3.60. The Morgan fingerprint density at radius 2 is 2.18 bits per heavy atom. The summed E-state index contributed by atoms with van der Waals surface area (Å²) in [6.45, 7) is 6.95. The van der Waals surface area contributed by atoms with E-state index in [1.54, 1.807) is 6.07 Å². The molecular weight excluding hydrogens is 240 g/mol. The van der Waals surface area contributed by atoms with Crippen molar-refractivity contribution in [2.45, 2.75) is 27.2 Å². The number of anilines is 1. The normalized spacial score (nSPS) is 12.2. The summed E-state index contributed by atoms with van der Waals surface area (Å²) in [5.41, 5.74) is 1.66.